The normalized spacial score (nSPS) is 12.6. The lowest BCUT2D eigenvalue weighted by Gasteiger charge is -2.13. The lowest BCUT2D eigenvalue weighted by molar-refractivity contribution is -0.136. The smallest absolute Gasteiger partial charge is 0.349 e. The van der Waals surface area contributed by atoms with Gasteiger partial charge in [0.25, 0.3) is 5.95 Å². The van der Waals surface area contributed by atoms with Crippen molar-refractivity contribution in [3.63, 3.8) is 0 Å². The number of ether oxygens (including phenoxy) is 1. The van der Waals surface area contributed by atoms with Gasteiger partial charge in [-0.15, -0.1) is 0 Å². The number of halogens is 2. The van der Waals surface area contributed by atoms with Gasteiger partial charge in [-0.25, -0.2) is 9.79 Å². The third-order valence-electron chi connectivity index (χ3n) is 2.86. The van der Waals surface area contributed by atoms with Crippen molar-refractivity contribution in [1.82, 2.24) is 15.0 Å². The van der Waals surface area contributed by atoms with Gasteiger partial charge in [0.15, 0.2) is 0 Å². The molecule has 0 saturated heterocycles. The molecule has 0 spiro atoms. The topological polar surface area (TPSA) is 77.3 Å². The molecule has 1 rings (SSSR count). The molecular weight excluding hydrogens is 315 g/mol. The van der Waals surface area contributed by atoms with Crippen LogP contribution >= 0.6 is 23.2 Å². The summed E-state index contributed by atoms with van der Waals surface area (Å²) in [5, 5.41) is -0.165. The molecule has 1 unspecified atom stereocenters. The summed E-state index contributed by atoms with van der Waals surface area (Å²) in [5.74, 6) is -0.198. The summed E-state index contributed by atoms with van der Waals surface area (Å²) in [4.78, 5) is 26.3. The molecule has 0 aromatic carbocycles. The van der Waals surface area contributed by atoms with Gasteiger partial charge in [0.2, 0.25) is 10.6 Å². The highest BCUT2D eigenvalue weighted by Gasteiger charge is 2.09. The van der Waals surface area contributed by atoms with E-state index < -0.39 is 5.97 Å². The van der Waals surface area contributed by atoms with Gasteiger partial charge in [0.05, 0.1) is 6.61 Å². The van der Waals surface area contributed by atoms with Crippen molar-refractivity contribution in [3.8, 4) is 0 Å². The maximum Gasteiger partial charge on any atom is 0.349 e. The van der Waals surface area contributed by atoms with Crippen LogP contribution in [0.3, 0.4) is 0 Å². The third-order valence-corrected chi connectivity index (χ3v) is 3.20. The summed E-state index contributed by atoms with van der Waals surface area (Å²) < 4.78 is 5.15. The number of rotatable bonds is 8. The Labute approximate surface area is 134 Å². The van der Waals surface area contributed by atoms with Crippen LogP contribution in [0.2, 0.25) is 10.6 Å². The summed E-state index contributed by atoms with van der Waals surface area (Å²) in [6, 6.07) is 0. The van der Waals surface area contributed by atoms with Crippen molar-refractivity contribution in [1.29, 1.82) is 0 Å². The number of hydrogen-bond acceptors (Lipinski definition) is 6. The van der Waals surface area contributed by atoms with Gasteiger partial charge in [-0.1, -0.05) is 33.1 Å². The lowest BCUT2D eigenvalue weighted by atomic mass is 10.0. The summed E-state index contributed by atoms with van der Waals surface area (Å²) in [7, 11) is 0. The highest BCUT2D eigenvalue weighted by molar-refractivity contribution is 6.31. The predicted octanol–water partition coefficient (Wildman–Crippen LogP) is 3.64. The van der Waals surface area contributed by atoms with Gasteiger partial charge in [-0.3, -0.25) is 0 Å². The van der Waals surface area contributed by atoms with Crippen molar-refractivity contribution in [2.45, 2.75) is 39.5 Å². The SMILES string of the molecule is CCCCC(CC)COC(=O)C=Nc1nc(Cl)nc(Cl)n1. The van der Waals surface area contributed by atoms with Crippen LogP contribution in [0.15, 0.2) is 4.99 Å². The van der Waals surface area contributed by atoms with E-state index in [1.807, 2.05) is 0 Å². The molecule has 116 valence electrons. The van der Waals surface area contributed by atoms with Crippen LogP contribution in [0.1, 0.15) is 39.5 Å². The zero-order valence-corrected chi connectivity index (χ0v) is 13.6. The molecule has 8 heteroatoms. The van der Waals surface area contributed by atoms with Crippen molar-refractivity contribution in [2.24, 2.45) is 10.9 Å². The summed E-state index contributed by atoms with van der Waals surface area (Å²) in [6.07, 6.45) is 5.30. The van der Waals surface area contributed by atoms with E-state index in [1.165, 1.54) is 0 Å². The minimum Gasteiger partial charge on any atom is -0.461 e. The Kier molecular flexibility index (Phi) is 8.15. The molecule has 1 heterocycles. The molecule has 0 amide bonds. The first-order chi connectivity index (χ1) is 10.0. The van der Waals surface area contributed by atoms with E-state index in [2.05, 4.69) is 33.8 Å². The first kappa shape index (κ1) is 17.8. The highest BCUT2D eigenvalue weighted by Crippen LogP contribution is 2.13. The highest BCUT2D eigenvalue weighted by atomic mass is 35.5. The molecule has 0 aliphatic heterocycles. The number of aliphatic imine (C=N–C) groups is 1. The number of carbonyl (C=O) groups is 1. The minimum atomic E-state index is -0.544. The Morgan fingerprint density at radius 3 is 2.52 bits per heavy atom. The maximum atomic E-state index is 11.6. The summed E-state index contributed by atoms with van der Waals surface area (Å²) in [5.41, 5.74) is 0. The monoisotopic (exact) mass is 332 g/mol. The fourth-order valence-electron chi connectivity index (χ4n) is 1.62. The second kappa shape index (κ2) is 9.63. The molecular formula is C13H18Cl2N4O2. The van der Waals surface area contributed by atoms with Crippen LogP contribution in [0.5, 0.6) is 0 Å². The van der Waals surface area contributed by atoms with Crippen molar-refractivity contribution in [2.75, 3.05) is 6.61 Å². The van der Waals surface area contributed by atoms with Crippen LogP contribution in [-0.2, 0) is 9.53 Å². The lowest BCUT2D eigenvalue weighted by Crippen LogP contribution is -2.14. The first-order valence-electron chi connectivity index (χ1n) is 6.83. The average Bonchev–Trinajstić information content (AvgIpc) is 2.44. The van der Waals surface area contributed by atoms with E-state index in [4.69, 9.17) is 27.9 Å². The van der Waals surface area contributed by atoms with Crippen molar-refractivity contribution < 1.29 is 9.53 Å². The van der Waals surface area contributed by atoms with Crippen LogP contribution in [-0.4, -0.2) is 33.7 Å². The molecule has 0 saturated carbocycles. The Bertz CT molecular complexity index is 477. The summed E-state index contributed by atoms with van der Waals surface area (Å²) in [6.45, 7) is 4.60. The second-order valence-corrected chi connectivity index (χ2v) is 5.15. The molecule has 0 aliphatic rings. The largest absolute Gasteiger partial charge is 0.461 e. The maximum absolute atomic E-state index is 11.6. The van der Waals surface area contributed by atoms with Crippen LogP contribution in [0, 0.1) is 5.92 Å². The molecule has 0 bridgehead atoms. The quantitative estimate of drug-likeness (QED) is 0.536. The van der Waals surface area contributed by atoms with E-state index in [1.54, 1.807) is 0 Å². The molecule has 6 nitrogen and oxygen atoms in total. The van der Waals surface area contributed by atoms with Crippen molar-refractivity contribution >= 4 is 41.3 Å². The number of hydrogen-bond donors (Lipinski definition) is 0. The van der Waals surface area contributed by atoms with Gasteiger partial charge in [0, 0.05) is 0 Å². The van der Waals surface area contributed by atoms with Crippen LogP contribution < -0.4 is 0 Å². The molecule has 21 heavy (non-hydrogen) atoms. The molecule has 1 aromatic heterocycles. The van der Waals surface area contributed by atoms with Gasteiger partial charge in [0.1, 0.15) is 6.21 Å². The number of carbonyl (C=O) groups excluding carboxylic acids is 1. The Hall–Kier alpha value is -1.27. The first-order valence-corrected chi connectivity index (χ1v) is 7.58. The van der Waals surface area contributed by atoms with E-state index >= 15 is 0 Å². The molecule has 0 radical (unpaired) electrons. The Morgan fingerprint density at radius 2 is 1.95 bits per heavy atom. The van der Waals surface area contributed by atoms with Gasteiger partial charge < -0.3 is 4.74 Å². The third kappa shape index (κ3) is 7.34. The zero-order valence-electron chi connectivity index (χ0n) is 12.1. The Balaban J connectivity index is 2.47. The summed E-state index contributed by atoms with van der Waals surface area (Å²) >= 11 is 11.2. The average molecular weight is 333 g/mol. The number of esters is 1. The van der Waals surface area contributed by atoms with Gasteiger partial charge in [-0.05, 0) is 35.5 Å². The number of aromatic nitrogens is 3. The molecule has 0 N–H and O–H groups in total. The standard InChI is InChI=1S/C13H18Cl2N4O2/c1-3-5-6-9(4-2)8-21-10(20)7-16-13-18-11(14)17-12(15)19-13/h7,9H,3-6,8H2,1-2H3. The zero-order chi connectivity index (χ0) is 15.7. The number of nitrogens with zero attached hydrogens (tertiary/aromatic N) is 4. The molecule has 1 aromatic rings. The van der Waals surface area contributed by atoms with Crippen molar-refractivity contribution in [3.05, 3.63) is 10.6 Å². The van der Waals surface area contributed by atoms with Crippen LogP contribution in [0.25, 0.3) is 0 Å². The molecule has 0 fully saturated rings. The second-order valence-electron chi connectivity index (χ2n) is 4.48. The van der Waals surface area contributed by atoms with Gasteiger partial charge >= 0.3 is 5.97 Å². The number of unbranched alkanes of at least 4 members (excludes halogenated alkanes) is 1. The van der Waals surface area contributed by atoms with E-state index in [0.717, 1.165) is 31.9 Å². The van der Waals surface area contributed by atoms with Crippen LogP contribution in [0.4, 0.5) is 5.95 Å². The van der Waals surface area contributed by atoms with Gasteiger partial charge in [-0.2, -0.15) is 15.0 Å². The molecule has 0 aliphatic carbocycles. The minimum absolute atomic E-state index is 0.0324. The molecule has 1 atom stereocenters. The predicted molar refractivity (Wildman–Crippen MR) is 82.3 cm³/mol. The fraction of sp³-hybridized carbons (Fsp3) is 0.615. The van der Waals surface area contributed by atoms with E-state index in [0.29, 0.717) is 12.5 Å². The van der Waals surface area contributed by atoms with E-state index in [9.17, 15) is 4.79 Å². The van der Waals surface area contributed by atoms with E-state index in [-0.39, 0.29) is 16.5 Å². The fourth-order valence-corrected chi connectivity index (χ4v) is 1.97. The Morgan fingerprint density at radius 1 is 1.29 bits per heavy atom.